The normalized spacial score (nSPS) is 16.7. The highest BCUT2D eigenvalue weighted by molar-refractivity contribution is 9.10. The van der Waals surface area contributed by atoms with Gasteiger partial charge in [-0.25, -0.2) is 8.42 Å². The summed E-state index contributed by atoms with van der Waals surface area (Å²) in [4.78, 5) is 40.1. The second-order valence-corrected chi connectivity index (χ2v) is 11.0. The van der Waals surface area contributed by atoms with E-state index in [-0.39, 0.29) is 47.2 Å². The average Bonchev–Trinajstić information content (AvgIpc) is 3.20. The first-order chi connectivity index (χ1) is 15.2. The zero-order valence-corrected chi connectivity index (χ0v) is 20.8. The summed E-state index contributed by atoms with van der Waals surface area (Å²) in [6.45, 7) is 5.11. The molecule has 1 fully saturated rings. The number of fused-ring (bicyclic) bond motifs is 1. The average molecular weight is 529 g/mol. The molecule has 176 valence electrons. The number of ether oxygens (including phenoxy) is 1. The van der Waals surface area contributed by atoms with Gasteiger partial charge in [-0.15, -0.1) is 0 Å². The molecule has 3 rings (SSSR count). The van der Waals surface area contributed by atoms with E-state index in [0.717, 1.165) is 5.56 Å². The third-order valence-electron chi connectivity index (χ3n) is 5.98. The van der Waals surface area contributed by atoms with Crippen molar-refractivity contribution in [2.45, 2.75) is 50.8 Å². The van der Waals surface area contributed by atoms with Gasteiger partial charge in [-0.3, -0.25) is 14.4 Å². The standard InChI is InChI=1S/C22H29BrN2O6S/c1-3-19(26)25-11-7-16-13-17(23)14-18(21(16)25)32(29,30)12-8-20(27)24-9-5-15(6-10-24)22(28)31-4-2/h13-15H,3-12H2,1-2H3. The number of hydrogen-bond acceptors (Lipinski definition) is 6. The van der Waals surface area contributed by atoms with Gasteiger partial charge >= 0.3 is 5.97 Å². The van der Waals surface area contributed by atoms with Crippen molar-refractivity contribution in [3.05, 3.63) is 22.2 Å². The molecule has 0 bridgehead atoms. The number of esters is 1. The van der Waals surface area contributed by atoms with Crippen LogP contribution < -0.4 is 4.90 Å². The lowest BCUT2D eigenvalue weighted by molar-refractivity contribution is -0.151. The van der Waals surface area contributed by atoms with Crippen molar-refractivity contribution in [2.24, 2.45) is 5.92 Å². The second-order valence-electron chi connectivity index (χ2n) is 8.04. The molecule has 1 aromatic carbocycles. The van der Waals surface area contributed by atoms with Gasteiger partial charge < -0.3 is 14.5 Å². The molecule has 32 heavy (non-hydrogen) atoms. The Morgan fingerprint density at radius 3 is 2.41 bits per heavy atom. The van der Waals surface area contributed by atoms with Gasteiger partial charge in [0.1, 0.15) is 0 Å². The number of nitrogens with zero attached hydrogens (tertiary/aromatic N) is 2. The number of carbonyl (C=O) groups excluding carboxylic acids is 3. The van der Waals surface area contributed by atoms with E-state index in [1.54, 1.807) is 18.7 Å². The molecule has 2 amide bonds. The van der Waals surface area contributed by atoms with E-state index in [1.165, 1.54) is 11.0 Å². The fourth-order valence-corrected chi connectivity index (χ4v) is 6.42. The van der Waals surface area contributed by atoms with Gasteiger partial charge in [0.25, 0.3) is 0 Å². The molecule has 2 aliphatic heterocycles. The maximum atomic E-state index is 13.2. The molecular weight excluding hydrogens is 500 g/mol. The Morgan fingerprint density at radius 2 is 1.78 bits per heavy atom. The van der Waals surface area contributed by atoms with Gasteiger partial charge in [-0.2, -0.15) is 0 Å². The van der Waals surface area contributed by atoms with Gasteiger partial charge in [0.15, 0.2) is 9.84 Å². The summed E-state index contributed by atoms with van der Waals surface area (Å²) in [6.07, 6.45) is 1.77. The molecule has 0 spiro atoms. The number of likely N-dealkylation sites (tertiary alicyclic amines) is 1. The summed E-state index contributed by atoms with van der Waals surface area (Å²) in [5.41, 5.74) is 1.26. The summed E-state index contributed by atoms with van der Waals surface area (Å²) in [5, 5.41) is 0. The van der Waals surface area contributed by atoms with Crippen LogP contribution in [-0.2, 0) is 35.4 Å². The Labute approximate surface area is 197 Å². The summed E-state index contributed by atoms with van der Waals surface area (Å²) >= 11 is 3.37. The fraction of sp³-hybridized carbons (Fsp3) is 0.591. The number of hydrogen-bond donors (Lipinski definition) is 0. The molecule has 0 aliphatic carbocycles. The Bertz CT molecular complexity index is 1000. The van der Waals surface area contributed by atoms with E-state index in [9.17, 15) is 22.8 Å². The molecule has 8 nitrogen and oxygen atoms in total. The molecule has 2 aliphatic rings. The fourth-order valence-electron chi connectivity index (χ4n) is 4.26. The van der Waals surface area contributed by atoms with E-state index >= 15 is 0 Å². The topological polar surface area (TPSA) is 101 Å². The number of piperidine rings is 1. The lowest BCUT2D eigenvalue weighted by atomic mass is 9.97. The van der Waals surface area contributed by atoms with Gasteiger partial charge in [0.2, 0.25) is 11.8 Å². The van der Waals surface area contributed by atoms with Crippen molar-refractivity contribution in [1.29, 1.82) is 0 Å². The van der Waals surface area contributed by atoms with Crippen LogP contribution >= 0.6 is 15.9 Å². The number of rotatable bonds is 7. The lowest BCUT2D eigenvalue weighted by Crippen LogP contribution is -2.41. The number of carbonyl (C=O) groups is 3. The van der Waals surface area contributed by atoms with E-state index in [4.69, 9.17) is 4.74 Å². The maximum Gasteiger partial charge on any atom is 0.309 e. The van der Waals surface area contributed by atoms with Crippen molar-refractivity contribution in [1.82, 2.24) is 4.90 Å². The highest BCUT2D eigenvalue weighted by atomic mass is 79.9. The molecule has 1 saturated heterocycles. The molecule has 0 atom stereocenters. The zero-order chi connectivity index (χ0) is 23.5. The van der Waals surface area contributed by atoms with Crippen LogP contribution in [0.5, 0.6) is 0 Å². The van der Waals surface area contributed by atoms with E-state index in [1.807, 2.05) is 6.07 Å². The summed E-state index contributed by atoms with van der Waals surface area (Å²) in [6, 6.07) is 3.36. The minimum atomic E-state index is -3.79. The van der Waals surface area contributed by atoms with Crippen LogP contribution in [0.25, 0.3) is 0 Å². The first-order valence-corrected chi connectivity index (χ1v) is 13.4. The van der Waals surface area contributed by atoms with Crippen molar-refractivity contribution < 1.29 is 27.5 Å². The quantitative estimate of drug-likeness (QED) is 0.504. The van der Waals surface area contributed by atoms with Crippen LogP contribution in [0.3, 0.4) is 0 Å². The third-order valence-corrected chi connectivity index (χ3v) is 8.16. The maximum absolute atomic E-state index is 13.2. The third kappa shape index (κ3) is 5.33. The first kappa shape index (κ1) is 24.7. The molecule has 0 radical (unpaired) electrons. The molecule has 2 heterocycles. The van der Waals surface area contributed by atoms with Crippen molar-refractivity contribution in [3.8, 4) is 0 Å². The van der Waals surface area contributed by atoms with E-state index < -0.39 is 9.84 Å². The molecular formula is C22H29BrN2O6S. The number of sulfone groups is 1. The first-order valence-electron chi connectivity index (χ1n) is 11.0. The Hall–Kier alpha value is -1.94. The van der Waals surface area contributed by atoms with Crippen molar-refractivity contribution >= 4 is 49.2 Å². The largest absolute Gasteiger partial charge is 0.466 e. The van der Waals surface area contributed by atoms with Crippen LogP contribution in [0.15, 0.2) is 21.5 Å². The Kier molecular flexibility index (Phi) is 7.97. The molecule has 1 aromatic rings. The van der Waals surface area contributed by atoms with Crippen LogP contribution in [-0.4, -0.2) is 63.1 Å². The van der Waals surface area contributed by atoms with Crippen molar-refractivity contribution in [2.75, 3.05) is 36.9 Å². The molecule has 0 N–H and O–H groups in total. The SMILES string of the molecule is CCOC(=O)C1CCN(C(=O)CCS(=O)(=O)c2cc(Br)cc3c2N(C(=O)CC)CC3)CC1. The van der Waals surface area contributed by atoms with Crippen LogP contribution in [0.2, 0.25) is 0 Å². The van der Waals surface area contributed by atoms with Crippen LogP contribution in [0.4, 0.5) is 5.69 Å². The minimum Gasteiger partial charge on any atom is -0.466 e. The Balaban J connectivity index is 1.69. The highest BCUT2D eigenvalue weighted by Crippen LogP contribution is 2.38. The van der Waals surface area contributed by atoms with Gasteiger partial charge in [0.05, 0.1) is 28.9 Å². The predicted molar refractivity (Wildman–Crippen MR) is 123 cm³/mol. The van der Waals surface area contributed by atoms with E-state index in [0.29, 0.717) is 55.7 Å². The van der Waals surface area contributed by atoms with Crippen molar-refractivity contribution in [3.63, 3.8) is 0 Å². The lowest BCUT2D eigenvalue weighted by Gasteiger charge is -2.31. The number of benzene rings is 1. The molecule has 10 heteroatoms. The van der Waals surface area contributed by atoms with Gasteiger partial charge in [-0.1, -0.05) is 22.9 Å². The predicted octanol–water partition coefficient (Wildman–Crippen LogP) is 2.71. The van der Waals surface area contributed by atoms with E-state index in [2.05, 4.69) is 15.9 Å². The number of halogens is 1. The zero-order valence-electron chi connectivity index (χ0n) is 18.4. The van der Waals surface area contributed by atoms with Gasteiger partial charge in [0, 0.05) is 36.9 Å². The summed E-state index contributed by atoms with van der Waals surface area (Å²) in [7, 11) is -3.79. The minimum absolute atomic E-state index is 0.0926. The molecule has 0 saturated carbocycles. The second kappa shape index (κ2) is 10.3. The number of anilines is 1. The Morgan fingerprint density at radius 1 is 1.09 bits per heavy atom. The molecule has 0 aromatic heterocycles. The van der Waals surface area contributed by atoms with Crippen LogP contribution in [0, 0.1) is 5.92 Å². The summed E-state index contributed by atoms with van der Waals surface area (Å²) < 4.78 is 32.1. The highest BCUT2D eigenvalue weighted by Gasteiger charge is 2.33. The van der Waals surface area contributed by atoms with Gasteiger partial charge in [-0.05, 0) is 43.9 Å². The smallest absolute Gasteiger partial charge is 0.309 e. The molecule has 0 unspecified atom stereocenters. The summed E-state index contributed by atoms with van der Waals surface area (Å²) in [5.74, 6) is -1.15. The number of amides is 2. The monoisotopic (exact) mass is 528 g/mol. The van der Waals surface area contributed by atoms with Crippen LogP contribution in [0.1, 0.15) is 45.1 Å².